The van der Waals surface area contributed by atoms with Crippen LogP contribution in [0, 0.1) is 0 Å². The van der Waals surface area contributed by atoms with Crippen LogP contribution in [0.2, 0.25) is 0 Å². The Balaban J connectivity index is 1.09. The Kier molecular flexibility index (Phi) is 7.35. The SMILES string of the molecule is c1ccc(C2=C(c3ccc4ccc(-c5c6ccccc6c(-c6ccc7ccccc7c6)c6ccccc56)cc4c3)Cc3ccc(-c4ccccc4)cc32)cc1. The Morgan fingerprint density at radius 3 is 1.35 bits per heavy atom. The molecule has 0 heteroatoms. The van der Waals surface area contributed by atoms with E-state index in [1.807, 2.05) is 0 Å². The third-order valence-electron chi connectivity index (χ3n) is 11.7. The molecule has 0 spiro atoms. The lowest BCUT2D eigenvalue weighted by Crippen LogP contribution is -1.92. The van der Waals surface area contributed by atoms with E-state index in [0.717, 1.165) is 6.42 Å². The number of benzene rings is 10. The van der Waals surface area contributed by atoms with Crippen molar-refractivity contribution in [1.29, 1.82) is 0 Å². The zero-order valence-electron chi connectivity index (χ0n) is 30.3. The lowest BCUT2D eigenvalue weighted by Gasteiger charge is -2.18. The van der Waals surface area contributed by atoms with Crippen LogP contribution in [0.1, 0.15) is 22.3 Å². The summed E-state index contributed by atoms with van der Waals surface area (Å²) in [6.07, 6.45) is 0.908. The van der Waals surface area contributed by atoms with Gasteiger partial charge < -0.3 is 0 Å². The normalized spacial score (nSPS) is 12.6. The van der Waals surface area contributed by atoms with E-state index in [1.165, 1.54) is 110 Å². The van der Waals surface area contributed by atoms with Crippen molar-refractivity contribution in [2.45, 2.75) is 6.42 Å². The van der Waals surface area contributed by atoms with Crippen molar-refractivity contribution in [2.24, 2.45) is 0 Å². The number of hydrogen-bond acceptors (Lipinski definition) is 0. The summed E-state index contributed by atoms with van der Waals surface area (Å²) in [5.41, 5.74) is 15.5. The summed E-state index contributed by atoms with van der Waals surface area (Å²) in [7, 11) is 0. The van der Waals surface area contributed by atoms with Crippen molar-refractivity contribution in [3.05, 3.63) is 229 Å². The van der Waals surface area contributed by atoms with Gasteiger partial charge in [-0.25, -0.2) is 0 Å². The van der Waals surface area contributed by atoms with Crippen molar-refractivity contribution >= 4 is 54.2 Å². The maximum absolute atomic E-state index is 2.43. The molecule has 0 fully saturated rings. The molecule has 10 aromatic rings. The highest BCUT2D eigenvalue weighted by atomic mass is 14.3. The summed E-state index contributed by atoms with van der Waals surface area (Å²) in [5.74, 6) is 0. The molecule has 55 heavy (non-hydrogen) atoms. The summed E-state index contributed by atoms with van der Waals surface area (Å²) < 4.78 is 0. The fourth-order valence-electron chi connectivity index (χ4n) is 9.08. The molecule has 0 saturated carbocycles. The van der Waals surface area contributed by atoms with Gasteiger partial charge >= 0.3 is 0 Å². The quantitative estimate of drug-likeness (QED) is 0.157. The second kappa shape index (κ2) is 12.8. The number of allylic oxidation sites excluding steroid dienone is 1. The number of rotatable bonds is 5. The Morgan fingerprint density at radius 1 is 0.273 bits per heavy atom. The highest BCUT2D eigenvalue weighted by Crippen LogP contribution is 2.46. The van der Waals surface area contributed by atoms with Crippen LogP contribution < -0.4 is 0 Å². The lowest BCUT2D eigenvalue weighted by molar-refractivity contribution is 1.32. The highest BCUT2D eigenvalue weighted by Gasteiger charge is 2.25. The monoisotopic (exact) mass is 696 g/mol. The van der Waals surface area contributed by atoms with Gasteiger partial charge in [-0.3, -0.25) is 0 Å². The molecule has 0 amide bonds. The third-order valence-corrected chi connectivity index (χ3v) is 11.7. The van der Waals surface area contributed by atoms with E-state index in [9.17, 15) is 0 Å². The second-order valence-electron chi connectivity index (χ2n) is 14.8. The smallest absolute Gasteiger partial charge is 0.000727 e. The molecule has 0 nitrogen and oxygen atoms in total. The van der Waals surface area contributed by atoms with Crippen LogP contribution in [0.15, 0.2) is 206 Å². The van der Waals surface area contributed by atoms with Gasteiger partial charge in [-0.05, 0) is 141 Å². The lowest BCUT2D eigenvalue weighted by atomic mass is 9.85. The Morgan fingerprint density at radius 2 is 0.727 bits per heavy atom. The summed E-state index contributed by atoms with van der Waals surface area (Å²) in [5, 5.41) is 10.1. The van der Waals surface area contributed by atoms with Crippen LogP contribution in [0.4, 0.5) is 0 Å². The van der Waals surface area contributed by atoms with E-state index in [2.05, 4.69) is 206 Å². The van der Waals surface area contributed by atoms with Gasteiger partial charge in [-0.2, -0.15) is 0 Å². The molecule has 0 saturated heterocycles. The van der Waals surface area contributed by atoms with Gasteiger partial charge in [0, 0.05) is 0 Å². The summed E-state index contributed by atoms with van der Waals surface area (Å²) in [6, 6.07) is 76.3. The minimum atomic E-state index is 0.908. The standard InChI is InChI=1S/C55H36/c1-3-13-36(14-4-1)41-26-28-43-35-52(53(51(43)34-41)39-16-5-2-6-17-39)42-27-23-38-25-30-45(33-46(38)32-42)55-49-21-11-9-19-47(49)54(48-20-10-12-22-50(48)55)44-29-24-37-15-7-8-18-40(37)31-44/h1-34H,35H2. The molecule has 0 aromatic heterocycles. The first kappa shape index (κ1) is 31.5. The van der Waals surface area contributed by atoms with Crippen LogP contribution in [0.5, 0.6) is 0 Å². The number of hydrogen-bond donors (Lipinski definition) is 0. The predicted molar refractivity (Wildman–Crippen MR) is 235 cm³/mol. The molecule has 0 unspecified atom stereocenters. The molecular weight excluding hydrogens is 661 g/mol. The van der Waals surface area contributed by atoms with E-state index in [1.54, 1.807) is 0 Å². The van der Waals surface area contributed by atoms with Gasteiger partial charge in [0.2, 0.25) is 0 Å². The van der Waals surface area contributed by atoms with Crippen LogP contribution >= 0.6 is 0 Å². The zero-order valence-corrected chi connectivity index (χ0v) is 30.3. The summed E-state index contributed by atoms with van der Waals surface area (Å²) >= 11 is 0. The molecule has 1 aliphatic carbocycles. The molecule has 10 aromatic carbocycles. The van der Waals surface area contributed by atoms with Crippen LogP contribution in [-0.2, 0) is 6.42 Å². The summed E-state index contributed by atoms with van der Waals surface area (Å²) in [4.78, 5) is 0. The molecular formula is C55H36. The third kappa shape index (κ3) is 5.30. The first-order valence-electron chi connectivity index (χ1n) is 19.2. The van der Waals surface area contributed by atoms with Gasteiger partial charge in [0.1, 0.15) is 0 Å². The summed E-state index contributed by atoms with van der Waals surface area (Å²) in [6.45, 7) is 0. The van der Waals surface area contributed by atoms with Crippen LogP contribution in [0.3, 0.4) is 0 Å². The van der Waals surface area contributed by atoms with E-state index in [-0.39, 0.29) is 0 Å². The van der Waals surface area contributed by atoms with E-state index < -0.39 is 0 Å². The van der Waals surface area contributed by atoms with E-state index in [4.69, 9.17) is 0 Å². The van der Waals surface area contributed by atoms with E-state index in [0.29, 0.717) is 0 Å². The van der Waals surface area contributed by atoms with Crippen molar-refractivity contribution in [2.75, 3.05) is 0 Å². The minimum absolute atomic E-state index is 0.908. The average Bonchev–Trinajstić information content (AvgIpc) is 3.64. The topological polar surface area (TPSA) is 0 Å². The molecule has 0 N–H and O–H groups in total. The molecule has 0 heterocycles. The molecule has 256 valence electrons. The van der Waals surface area contributed by atoms with Crippen molar-refractivity contribution in [3.8, 4) is 33.4 Å². The number of fused-ring (bicyclic) bond motifs is 5. The largest absolute Gasteiger partial charge is 0.0622 e. The van der Waals surface area contributed by atoms with Gasteiger partial charge in [-0.15, -0.1) is 0 Å². The molecule has 1 aliphatic rings. The minimum Gasteiger partial charge on any atom is -0.0622 e. The fourth-order valence-corrected chi connectivity index (χ4v) is 9.08. The maximum Gasteiger partial charge on any atom is -0.000727 e. The predicted octanol–water partition coefficient (Wildman–Crippen LogP) is 14.8. The van der Waals surface area contributed by atoms with Gasteiger partial charge in [0.15, 0.2) is 0 Å². The Bertz CT molecular complexity index is 3090. The zero-order chi connectivity index (χ0) is 36.3. The molecule has 11 rings (SSSR count). The van der Waals surface area contributed by atoms with Crippen molar-refractivity contribution in [1.82, 2.24) is 0 Å². The van der Waals surface area contributed by atoms with E-state index >= 15 is 0 Å². The highest BCUT2D eigenvalue weighted by molar-refractivity contribution is 6.22. The Hall–Kier alpha value is -7.02. The van der Waals surface area contributed by atoms with Crippen LogP contribution in [0.25, 0.3) is 87.6 Å². The molecule has 0 radical (unpaired) electrons. The van der Waals surface area contributed by atoms with Gasteiger partial charge in [0.05, 0.1) is 0 Å². The van der Waals surface area contributed by atoms with Crippen molar-refractivity contribution < 1.29 is 0 Å². The first-order valence-corrected chi connectivity index (χ1v) is 19.2. The second-order valence-corrected chi connectivity index (χ2v) is 14.8. The average molecular weight is 697 g/mol. The first-order chi connectivity index (χ1) is 27.3. The van der Waals surface area contributed by atoms with Crippen LogP contribution in [-0.4, -0.2) is 0 Å². The molecule has 0 bridgehead atoms. The fraction of sp³-hybridized carbons (Fsp3) is 0.0182. The van der Waals surface area contributed by atoms with Gasteiger partial charge in [0.25, 0.3) is 0 Å². The Labute approximate surface area is 321 Å². The molecule has 0 atom stereocenters. The van der Waals surface area contributed by atoms with Gasteiger partial charge in [-0.1, -0.05) is 182 Å². The maximum atomic E-state index is 2.43. The van der Waals surface area contributed by atoms with Crippen molar-refractivity contribution in [3.63, 3.8) is 0 Å². The molecule has 0 aliphatic heterocycles.